The second kappa shape index (κ2) is 7.80. The average Bonchev–Trinajstić information content (AvgIpc) is 2.62. The van der Waals surface area contributed by atoms with Gasteiger partial charge in [-0.1, -0.05) is 24.3 Å². The zero-order valence-electron chi connectivity index (χ0n) is 12.7. The number of nitriles is 2. The van der Waals surface area contributed by atoms with Crippen molar-refractivity contribution < 1.29 is 14.0 Å². The molecule has 0 aliphatic heterocycles. The molecule has 2 rings (SSSR count). The second-order valence-corrected chi connectivity index (χ2v) is 5.27. The summed E-state index contributed by atoms with van der Waals surface area (Å²) in [6.45, 7) is 0. The predicted molar refractivity (Wildman–Crippen MR) is 84.6 cm³/mol. The molecular weight excluding hydrogens is 307 g/mol. The highest BCUT2D eigenvalue weighted by atomic mass is 19.1. The van der Waals surface area contributed by atoms with Gasteiger partial charge in [0.25, 0.3) is 0 Å². The van der Waals surface area contributed by atoms with Gasteiger partial charge < -0.3 is 0 Å². The van der Waals surface area contributed by atoms with E-state index in [1.807, 2.05) is 12.1 Å². The van der Waals surface area contributed by atoms with Crippen LogP contribution < -0.4 is 0 Å². The summed E-state index contributed by atoms with van der Waals surface area (Å²) in [7, 11) is 0. The van der Waals surface area contributed by atoms with Crippen LogP contribution in [-0.4, -0.2) is 17.7 Å². The zero-order chi connectivity index (χ0) is 17.5. The molecule has 0 aromatic heterocycles. The van der Waals surface area contributed by atoms with Gasteiger partial charge in [-0.15, -0.1) is 0 Å². The smallest absolute Gasteiger partial charge is 0.216 e. The van der Waals surface area contributed by atoms with E-state index in [4.69, 9.17) is 10.5 Å². The molecule has 0 amide bonds. The number of hydrogen-bond acceptors (Lipinski definition) is 4. The highest BCUT2D eigenvalue weighted by Crippen LogP contribution is 2.11. The molecule has 0 atom stereocenters. The first-order chi connectivity index (χ1) is 11.5. The van der Waals surface area contributed by atoms with Crippen molar-refractivity contribution in [2.24, 2.45) is 0 Å². The van der Waals surface area contributed by atoms with Crippen molar-refractivity contribution in [3.63, 3.8) is 0 Å². The summed E-state index contributed by atoms with van der Waals surface area (Å²) in [5.74, 6) is -1.61. The van der Waals surface area contributed by atoms with Crippen molar-refractivity contribution >= 4 is 11.6 Å². The van der Waals surface area contributed by atoms with Crippen LogP contribution in [0, 0.1) is 22.7 Å². The SMILES string of the molecule is N#Cc1ccc(CC(=O)C(F)C(=O)Cc2ccc(C#N)cc2)cc1. The summed E-state index contributed by atoms with van der Waals surface area (Å²) >= 11 is 0. The van der Waals surface area contributed by atoms with Crippen molar-refractivity contribution in [3.8, 4) is 12.1 Å². The van der Waals surface area contributed by atoms with Crippen LogP contribution in [0.2, 0.25) is 0 Å². The highest BCUT2D eigenvalue weighted by molar-refractivity contribution is 6.06. The maximum absolute atomic E-state index is 14.0. The summed E-state index contributed by atoms with van der Waals surface area (Å²) in [6.07, 6.45) is -2.59. The minimum absolute atomic E-state index is 0.202. The summed E-state index contributed by atoms with van der Waals surface area (Å²) in [4.78, 5) is 23.8. The highest BCUT2D eigenvalue weighted by Gasteiger charge is 2.25. The lowest BCUT2D eigenvalue weighted by Crippen LogP contribution is -2.28. The minimum atomic E-state index is -2.18. The maximum Gasteiger partial charge on any atom is 0.216 e. The Hall–Kier alpha value is -3.31. The number of halogens is 1. The number of carbonyl (C=O) groups excluding carboxylic acids is 2. The van der Waals surface area contributed by atoms with E-state index in [9.17, 15) is 14.0 Å². The van der Waals surface area contributed by atoms with Crippen molar-refractivity contribution in [1.29, 1.82) is 10.5 Å². The van der Waals surface area contributed by atoms with Crippen LogP contribution in [-0.2, 0) is 22.4 Å². The van der Waals surface area contributed by atoms with Crippen LogP contribution in [0.5, 0.6) is 0 Å². The third kappa shape index (κ3) is 4.34. The fraction of sp³-hybridized carbons (Fsp3) is 0.158. The van der Waals surface area contributed by atoms with Crippen LogP contribution in [0.15, 0.2) is 48.5 Å². The van der Waals surface area contributed by atoms with E-state index < -0.39 is 17.7 Å². The molecule has 0 bridgehead atoms. The Morgan fingerprint density at radius 1 is 0.792 bits per heavy atom. The number of hydrogen-bond donors (Lipinski definition) is 0. The van der Waals surface area contributed by atoms with E-state index in [1.54, 1.807) is 24.3 Å². The fourth-order valence-corrected chi connectivity index (χ4v) is 2.16. The van der Waals surface area contributed by atoms with Gasteiger partial charge >= 0.3 is 0 Å². The molecule has 0 aliphatic carbocycles. The van der Waals surface area contributed by atoms with E-state index in [-0.39, 0.29) is 12.8 Å². The number of rotatable bonds is 6. The van der Waals surface area contributed by atoms with Gasteiger partial charge in [-0.25, -0.2) is 4.39 Å². The summed E-state index contributed by atoms with van der Waals surface area (Å²) < 4.78 is 14.0. The third-order valence-electron chi connectivity index (χ3n) is 3.49. The molecule has 0 saturated carbocycles. The number of benzene rings is 2. The molecule has 118 valence electrons. The van der Waals surface area contributed by atoms with Gasteiger partial charge in [-0.05, 0) is 35.4 Å². The number of nitrogens with zero attached hydrogens (tertiary/aromatic N) is 2. The van der Waals surface area contributed by atoms with Crippen LogP contribution in [0.4, 0.5) is 4.39 Å². The molecule has 5 heteroatoms. The van der Waals surface area contributed by atoms with Crippen LogP contribution in [0.1, 0.15) is 22.3 Å². The quantitative estimate of drug-likeness (QED) is 0.766. The Morgan fingerprint density at radius 3 is 1.42 bits per heavy atom. The molecule has 0 N–H and O–H groups in total. The number of carbonyl (C=O) groups is 2. The fourth-order valence-electron chi connectivity index (χ4n) is 2.16. The topological polar surface area (TPSA) is 81.7 Å². The Kier molecular flexibility index (Phi) is 5.54. The standard InChI is InChI=1S/C19H13FN2O2/c20-19(17(23)9-13-1-5-15(11-21)6-2-13)18(24)10-14-3-7-16(12-22)8-4-14/h1-8,19H,9-10H2. The first-order valence-electron chi connectivity index (χ1n) is 7.21. The van der Waals surface area contributed by atoms with E-state index in [1.165, 1.54) is 24.3 Å². The Bertz CT molecular complexity index is 756. The monoisotopic (exact) mass is 320 g/mol. The molecule has 4 nitrogen and oxygen atoms in total. The average molecular weight is 320 g/mol. The Labute approximate surface area is 138 Å². The van der Waals surface area contributed by atoms with Gasteiger partial charge in [0.05, 0.1) is 23.3 Å². The van der Waals surface area contributed by atoms with E-state index in [0.717, 1.165) is 0 Å². The van der Waals surface area contributed by atoms with Gasteiger partial charge in [0.1, 0.15) is 0 Å². The molecule has 0 spiro atoms. The van der Waals surface area contributed by atoms with Crippen LogP contribution in [0.3, 0.4) is 0 Å². The van der Waals surface area contributed by atoms with E-state index >= 15 is 0 Å². The van der Waals surface area contributed by atoms with Gasteiger partial charge in [0, 0.05) is 12.8 Å². The molecule has 0 saturated heterocycles. The summed E-state index contributed by atoms with van der Waals surface area (Å²) in [6, 6.07) is 16.3. The molecular formula is C19H13FN2O2. The van der Waals surface area contributed by atoms with E-state index in [2.05, 4.69) is 0 Å². The lowest BCUT2D eigenvalue weighted by molar-refractivity contribution is -0.133. The van der Waals surface area contributed by atoms with Crippen molar-refractivity contribution in [1.82, 2.24) is 0 Å². The van der Waals surface area contributed by atoms with Crippen LogP contribution in [0.25, 0.3) is 0 Å². The van der Waals surface area contributed by atoms with Gasteiger partial charge in [0.15, 0.2) is 11.6 Å². The third-order valence-corrected chi connectivity index (χ3v) is 3.49. The predicted octanol–water partition coefficient (Wildman–Crippen LogP) is 2.69. The van der Waals surface area contributed by atoms with Crippen molar-refractivity contribution in [3.05, 3.63) is 70.8 Å². The number of Topliss-reactive ketones (excluding diaryl/α,β-unsaturated/α-hetero) is 2. The lowest BCUT2D eigenvalue weighted by Gasteiger charge is -2.07. The molecule has 0 heterocycles. The van der Waals surface area contributed by atoms with Gasteiger partial charge in [0.2, 0.25) is 6.17 Å². The largest absolute Gasteiger partial charge is 0.296 e. The van der Waals surface area contributed by atoms with Crippen LogP contribution >= 0.6 is 0 Å². The summed E-state index contributed by atoms with van der Waals surface area (Å²) in [5, 5.41) is 17.4. The zero-order valence-corrected chi connectivity index (χ0v) is 12.7. The normalized spacial score (nSPS) is 10.0. The Morgan fingerprint density at radius 2 is 1.12 bits per heavy atom. The summed E-state index contributed by atoms with van der Waals surface area (Å²) in [5.41, 5.74) is 1.99. The first kappa shape index (κ1) is 17.1. The van der Waals surface area contributed by atoms with Crippen molar-refractivity contribution in [2.75, 3.05) is 0 Å². The van der Waals surface area contributed by atoms with E-state index in [0.29, 0.717) is 22.3 Å². The first-order valence-corrected chi connectivity index (χ1v) is 7.21. The molecule has 0 aliphatic rings. The number of ketones is 2. The molecule has 2 aromatic carbocycles. The molecule has 2 aromatic rings. The molecule has 24 heavy (non-hydrogen) atoms. The maximum atomic E-state index is 14.0. The molecule has 0 fully saturated rings. The molecule has 0 radical (unpaired) electrons. The molecule has 0 unspecified atom stereocenters. The van der Waals surface area contributed by atoms with Gasteiger partial charge in [-0.3, -0.25) is 9.59 Å². The second-order valence-electron chi connectivity index (χ2n) is 5.27. The van der Waals surface area contributed by atoms with Gasteiger partial charge in [-0.2, -0.15) is 10.5 Å². The van der Waals surface area contributed by atoms with Crippen molar-refractivity contribution in [2.45, 2.75) is 19.0 Å². The lowest BCUT2D eigenvalue weighted by atomic mass is 9.99. The Balaban J connectivity index is 1.97. The number of alkyl halides is 1. The minimum Gasteiger partial charge on any atom is -0.296 e.